The van der Waals surface area contributed by atoms with E-state index >= 15 is 0 Å². The molecule has 3 N–H and O–H groups in total. The lowest BCUT2D eigenvalue weighted by Crippen LogP contribution is -2.14. The average molecular weight is 327 g/mol. The fraction of sp³-hybridized carbons (Fsp3) is 0.167. The third kappa shape index (κ3) is 4.69. The SMILES string of the molecule is NC(=O)CCOc1ccc(NC(=O)c2nnc(Cl)s2)cc1. The number of carbonyl (C=O) groups excluding carboxylic acids is 2. The zero-order chi connectivity index (χ0) is 15.2. The molecule has 0 aliphatic rings. The predicted octanol–water partition coefficient (Wildman–Crippen LogP) is 1.70. The van der Waals surface area contributed by atoms with Gasteiger partial charge in [0.15, 0.2) is 0 Å². The van der Waals surface area contributed by atoms with Crippen LogP contribution in [0.5, 0.6) is 5.75 Å². The average Bonchev–Trinajstić information content (AvgIpc) is 2.87. The minimum atomic E-state index is -0.422. The molecule has 110 valence electrons. The number of rotatable bonds is 6. The Labute approximate surface area is 129 Å². The number of anilines is 1. The Morgan fingerprint density at radius 1 is 1.29 bits per heavy atom. The van der Waals surface area contributed by atoms with Crippen LogP contribution in [0.1, 0.15) is 16.2 Å². The quantitative estimate of drug-likeness (QED) is 0.840. The topological polar surface area (TPSA) is 107 Å². The van der Waals surface area contributed by atoms with Gasteiger partial charge >= 0.3 is 0 Å². The van der Waals surface area contributed by atoms with Crippen molar-refractivity contribution >= 4 is 40.4 Å². The predicted molar refractivity (Wildman–Crippen MR) is 78.6 cm³/mol. The Morgan fingerprint density at radius 3 is 2.57 bits per heavy atom. The molecular weight excluding hydrogens is 316 g/mol. The van der Waals surface area contributed by atoms with Crippen molar-refractivity contribution in [1.82, 2.24) is 10.2 Å². The number of nitrogens with zero attached hydrogens (tertiary/aromatic N) is 2. The van der Waals surface area contributed by atoms with Crippen molar-refractivity contribution in [3.63, 3.8) is 0 Å². The van der Waals surface area contributed by atoms with Crippen molar-refractivity contribution in [2.75, 3.05) is 11.9 Å². The first-order chi connectivity index (χ1) is 10.0. The van der Waals surface area contributed by atoms with Crippen LogP contribution in [0.2, 0.25) is 4.47 Å². The maximum Gasteiger partial charge on any atom is 0.286 e. The highest BCUT2D eigenvalue weighted by molar-refractivity contribution is 7.17. The molecule has 1 aromatic heterocycles. The number of hydrogen-bond donors (Lipinski definition) is 2. The summed E-state index contributed by atoms with van der Waals surface area (Å²) in [5, 5.41) is 10.0. The van der Waals surface area contributed by atoms with Crippen LogP contribution in [0.15, 0.2) is 24.3 Å². The van der Waals surface area contributed by atoms with Crippen molar-refractivity contribution in [2.24, 2.45) is 5.73 Å². The van der Waals surface area contributed by atoms with Crippen LogP contribution >= 0.6 is 22.9 Å². The number of amides is 2. The maximum atomic E-state index is 11.8. The largest absolute Gasteiger partial charge is 0.493 e. The minimum Gasteiger partial charge on any atom is -0.493 e. The molecule has 2 aromatic rings. The van der Waals surface area contributed by atoms with E-state index in [1.807, 2.05) is 0 Å². The number of hydrogen-bond acceptors (Lipinski definition) is 6. The Hall–Kier alpha value is -2.19. The fourth-order valence-corrected chi connectivity index (χ4v) is 2.11. The molecular formula is C12H11ClN4O3S. The van der Waals surface area contributed by atoms with Gasteiger partial charge in [-0.2, -0.15) is 0 Å². The van der Waals surface area contributed by atoms with Crippen LogP contribution < -0.4 is 15.8 Å². The summed E-state index contributed by atoms with van der Waals surface area (Å²) in [5.41, 5.74) is 5.58. The smallest absolute Gasteiger partial charge is 0.286 e. The summed E-state index contributed by atoms with van der Waals surface area (Å²) in [4.78, 5) is 22.4. The van der Waals surface area contributed by atoms with Crippen molar-refractivity contribution in [3.05, 3.63) is 33.7 Å². The molecule has 2 rings (SSSR count). The zero-order valence-corrected chi connectivity index (χ0v) is 12.3. The van der Waals surface area contributed by atoms with Crippen LogP contribution in [-0.2, 0) is 4.79 Å². The molecule has 7 nitrogen and oxygen atoms in total. The lowest BCUT2D eigenvalue weighted by molar-refractivity contribution is -0.118. The molecule has 2 amide bonds. The van der Waals surface area contributed by atoms with Crippen molar-refractivity contribution in [1.29, 1.82) is 0 Å². The molecule has 0 saturated heterocycles. The summed E-state index contributed by atoms with van der Waals surface area (Å²) in [6.07, 6.45) is 0.149. The van der Waals surface area contributed by atoms with Gasteiger partial charge in [-0.05, 0) is 35.9 Å². The standard InChI is InChI=1S/C12H11ClN4O3S/c13-12-17-16-11(21-12)10(19)15-7-1-3-8(4-2-7)20-6-5-9(14)18/h1-4H,5-6H2,(H2,14,18)(H,15,19). The minimum absolute atomic E-state index is 0.149. The molecule has 0 fully saturated rings. The molecule has 0 saturated carbocycles. The van der Waals surface area contributed by atoms with Crippen LogP contribution in [0.3, 0.4) is 0 Å². The van der Waals surface area contributed by atoms with E-state index in [1.54, 1.807) is 24.3 Å². The Bertz CT molecular complexity index is 644. The zero-order valence-electron chi connectivity index (χ0n) is 10.7. The van der Waals surface area contributed by atoms with Crippen LogP contribution in [0, 0.1) is 0 Å². The van der Waals surface area contributed by atoms with Gasteiger partial charge in [0.05, 0.1) is 13.0 Å². The maximum absolute atomic E-state index is 11.8. The van der Waals surface area contributed by atoms with Gasteiger partial charge in [-0.1, -0.05) is 11.3 Å². The summed E-state index contributed by atoms with van der Waals surface area (Å²) in [7, 11) is 0. The highest BCUT2D eigenvalue weighted by Gasteiger charge is 2.12. The normalized spacial score (nSPS) is 10.1. The van der Waals surface area contributed by atoms with Gasteiger partial charge in [0.1, 0.15) is 5.75 Å². The summed E-state index contributed by atoms with van der Waals surface area (Å²) in [6.45, 7) is 0.213. The van der Waals surface area contributed by atoms with Crippen molar-refractivity contribution in [2.45, 2.75) is 6.42 Å². The summed E-state index contributed by atoms with van der Waals surface area (Å²) >= 11 is 6.61. The summed E-state index contributed by atoms with van der Waals surface area (Å²) < 4.78 is 5.52. The van der Waals surface area contributed by atoms with Gasteiger partial charge < -0.3 is 15.8 Å². The number of nitrogens with two attached hydrogens (primary N) is 1. The van der Waals surface area contributed by atoms with Crippen LogP contribution in [0.4, 0.5) is 5.69 Å². The van der Waals surface area contributed by atoms with Gasteiger partial charge in [0.25, 0.3) is 5.91 Å². The van der Waals surface area contributed by atoms with E-state index < -0.39 is 5.91 Å². The molecule has 1 heterocycles. The first-order valence-electron chi connectivity index (χ1n) is 5.86. The first kappa shape index (κ1) is 15.2. The van der Waals surface area contributed by atoms with Gasteiger partial charge in [0.2, 0.25) is 15.4 Å². The second kappa shape index (κ2) is 7.00. The Morgan fingerprint density at radius 2 is 2.00 bits per heavy atom. The fourth-order valence-electron chi connectivity index (χ4n) is 1.39. The molecule has 0 atom stereocenters. The molecule has 0 aliphatic carbocycles. The van der Waals surface area contributed by atoms with Crippen LogP contribution in [-0.4, -0.2) is 28.6 Å². The Balaban J connectivity index is 1.90. The highest BCUT2D eigenvalue weighted by atomic mass is 35.5. The summed E-state index contributed by atoms with van der Waals surface area (Å²) in [5.74, 6) is -0.232. The van der Waals surface area contributed by atoms with E-state index in [2.05, 4.69) is 15.5 Å². The molecule has 1 aromatic carbocycles. The van der Waals surface area contributed by atoms with E-state index in [-0.39, 0.29) is 28.4 Å². The van der Waals surface area contributed by atoms with Gasteiger partial charge in [-0.15, -0.1) is 10.2 Å². The number of benzene rings is 1. The summed E-state index contributed by atoms with van der Waals surface area (Å²) in [6, 6.07) is 6.67. The van der Waals surface area contributed by atoms with Crippen molar-refractivity contribution in [3.8, 4) is 5.75 Å². The molecule has 0 unspecified atom stereocenters. The molecule has 0 aliphatic heterocycles. The number of carbonyl (C=O) groups is 2. The molecule has 0 bridgehead atoms. The lowest BCUT2D eigenvalue weighted by Gasteiger charge is -2.06. The number of aromatic nitrogens is 2. The van der Waals surface area contributed by atoms with E-state index in [0.29, 0.717) is 11.4 Å². The van der Waals surface area contributed by atoms with Gasteiger partial charge in [0, 0.05) is 5.69 Å². The second-order valence-electron chi connectivity index (χ2n) is 3.90. The van der Waals surface area contributed by atoms with Gasteiger partial charge in [-0.3, -0.25) is 9.59 Å². The third-order valence-electron chi connectivity index (χ3n) is 2.32. The van der Waals surface area contributed by atoms with Gasteiger partial charge in [-0.25, -0.2) is 0 Å². The number of ether oxygens (including phenoxy) is 1. The first-order valence-corrected chi connectivity index (χ1v) is 7.05. The lowest BCUT2D eigenvalue weighted by atomic mass is 10.3. The van der Waals surface area contributed by atoms with Crippen LogP contribution in [0.25, 0.3) is 0 Å². The molecule has 0 spiro atoms. The number of primary amides is 1. The third-order valence-corrected chi connectivity index (χ3v) is 3.34. The van der Waals surface area contributed by atoms with E-state index in [1.165, 1.54) is 0 Å². The van der Waals surface area contributed by atoms with E-state index in [9.17, 15) is 9.59 Å². The highest BCUT2D eigenvalue weighted by Crippen LogP contribution is 2.19. The number of halogens is 1. The second-order valence-corrected chi connectivity index (χ2v) is 5.46. The van der Waals surface area contributed by atoms with Crippen molar-refractivity contribution < 1.29 is 14.3 Å². The molecule has 0 radical (unpaired) electrons. The monoisotopic (exact) mass is 326 g/mol. The van der Waals surface area contributed by atoms with E-state index in [4.69, 9.17) is 22.1 Å². The molecule has 21 heavy (non-hydrogen) atoms. The Kier molecular flexibility index (Phi) is 5.07. The molecule has 9 heteroatoms. The van der Waals surface area contributed by atoms with E-state index in [0.717, 1.165) is 11.3 Å². The number of nitrogens with one attached hydrogen (secondary N) is 1.